The normalized spacial score (nSPS) is 12.6. The van der Waals surface area contributed by atoms with Crippen LogP contribution in [0.15, 0.2) is 22.8 Å². The van der Waals surface area contributed by atoms with Gasteiger partial charge in [0.25, 0.3) is 0 Å². The highest BCUT2D eigenvalue weighted by Crippen LogP contribution is 2.19. The Balaban J connectivity index is 2.35. The molecule has 0 aromatic carbocycles. The number of hydrogen-bond donors (Lipinski definition) is 1. The highest BCUT2D eigenvalue weighted by atomic mass is 79.9. The van der Waals surface area contributed by atoms with Crippen LogP contribution in [0, 0.1) is 0 Å². The first-order valence-corrected chi connectivity index (χ1v) is 7.36. The van der Waals surface area contributed by atoms with Crippen molar-refractivity contribution in [3.8, 4) is 0 Å². The molecule has 3 heteroatoms. The Morgan fingerprint density at radius 2 is 2.00 bits per heavy atom. The monoisotopic (exact) mass is 298 g/mol. The Labute approximate surface area is 113 Å². The van der Waals surface area contributed by atoms with Crippen LogP contribution in [0.5, 0.6) is 0 Å². The van der Waals surface area contributed by atoms with E-state index in [4.69, 9.17) is 0 Å². The van der Waals surface area contributed by atoms with Gasteiger partial charge >= 0.3 is 0 Å². The molecule has 0 aliphatic rings. The zero-order valence-electron chi connectivity index (χ0n) is 10.9. The van der Waals surface area contributed by atoms with E-state index in [1.54, 1.807) is 0 Å². The number of unbranched alkanes of at least 4 members (excludes halogenated alkanes) is 4. The average Bonchev–Trinajstić information content (AvgIpc) is 2.35. The smallest absolute Gasteiger partial charge is 0.0573 e. The number of pyridine rings is 1. The lowest BCUT2D eigenvalue weighted by atomic mass is 10.0. The third-order valence-corrected chi connectivity index (χ3v) is 3.52. The Bertz CT molecular complexity index is 298. The molecule has 2 nitrogen and oxygen atoms in total. The maximum atomic E-state index is 4.46. The molecule has 0 aliphatic carbocycles. The fourth-order valence-electron chi connectivity index (χ4n) is 1.99. The van der Waals surface area contributed by atoms with Gasteiger partial charge in [0.2, 0.25) is 0 Å². The third kappa shape index (κ3) is 5.64. The summed E-state index contributed by atoms with van der Waals surface area (Å²) in [5.41, 5.74) is 1.14. The SMILES string of the molecule is CCCCCCCC(NC)c1ccc(Br)cn1. The first-order chi connectivity index (χ1) is 8.27. The van der Waals surface area contributed by atoms with E-state index in [0.29, 0.717) is 6.04 Å². The molecule has 1 heterocycles. The van der Waals surface area contributed by atoms with Gasteiger partial charge in [-0.1, -0.05) is 39.0 Å². The summed E-state index contributed by atoms with van der Waals surface area (Å²) in [7, 11) is 2.01. The molecule has 1 rings (SSSR count). The van der Waals surface area contributed by atoms with Gasteiger partial charge < -0.3 is 5.32 Å². The van der Waals surface area contributed by atoms with Crippen molar-refractivity contribution < 1.29 is 0 Å². The van der Waals surface area contributed by atoms with E-state index in [2.05, 4.69) is 45.3 Å². The number of nitrogens with one attached hydrogen (secondary N) is 1. The fraction of sp³-hybridized carbons (Fsp3) is 0.643. The molecule has 0 aliphatic heterocycles. The standard InChI is InChI=1S/C14H23BrN2/c1-3-4-5-6-7-8-13(16-2)14-10-9-12(15)11-17-14/h9-11,13,16H,3-8H2,1-2H3. The molecule has 1 aromatic rings. The Hall–Kier alpha value is -0.410. The highest BCUT2D eigenvalue weighted by Gasteiger charge is 2.09. The van der Waals surface area contributed by atoms with Crippen molar-refractivity contribution in [1.82, 2.24) is 10.3 Å². The summed E-state index contributed by atoms with van der Waals surface area (Å²) in [6, 6.07) is 4.55. The summed E-state index contributed by atoms with van der Waals surface area (Å²) in [5, 5.41) is 3.35. The van der Waals surface area contributed by atoms with E-state index >= 15 is 0 Å². The summed E-state index contributed by atoms with van der Waals surface area (Å²) in [4.78, 5) is 4.46. The van der Waals surface area contributed by atoms with Crippen LogP contribution in [-0.2, 0) is 0 Å². The molecule has 0 spiro atoms. The molecule has 1 atom stereocenters. The van der Waals surface area contributed by atoms with Crippen molar-refractivity contribution in [2.24, 2.45) is 0 Å². The predicted molar refractivity (Wildman–Crippen MR) is 77.1 cm³/mol. The molecule has 0 amide bonds. The van der Waals surface area contributed by atoms with E-state index in [0.717, 1.165) is 10.2 Å². The first-order valence-electron chi connectivity index (χ1n) is 6.56. The van der Waals surface area contributed by atoms with Crippen LogP contribution in [0.2, 0.25) is 0 Å². The minimum absolute atomic E-state index is 0.393. The van der Waals surface area contributed by atoms with Gasteiger partial charge in [-0.15, -0.1) is 0 Å². The Morgan fingerprint density at radius 3 is 2.59 bits per heavy atom. The molecular formula is C14H23BrN2. The number of aromatic nitrogens is 1. The molecule has 1 aromatic heterocycles. The topological polar surface area (TPSA) is 24.9 Å². The van der Waals surface area contributed by atoms with Crippen LogP contribution in [0.1, 0.15) is 57.2 Å². The van der Waals surface area contributed by atoms with Gasteiger partial charge in [-0.05, 0) is 41.5 Å². The third-order valence-electron chi connectivity index (χ3n) is 3.05. The second kappa shape index (κ2) is 8.65. The summed E-state index contributed by atoms with van der Waals surface area (Å²) in [6.07, 6.45) is 9.70. The largest absolute Gasteiger partial charge is 0.312 e. The molecule has 0 bridgehead atoms. The van der Waals surface area contributed by atoms with E-state index in [1.165, 1.54) is 38.5 Å². The molecule has 1 unspecified atom stereocenters. The maximum absolute atomic E-state index is 4.46. The second-order valence-corrected chi connectivity index (χ2v) is 5.36. The van der Waals surface area contributed by atoms with Gasteiger partial charge in [-0.25, -0.2) is 0 Å². The van der Waals surface area contributed by atoms with Crippen LogP contribution in [0.3, 0.4) is 0 Å². The minimum Gasteiger partial charge on any atom is -0.312 e. The zero-order chi connectivity index (χ0) is 12.5. The number of halogens is 1. The summed E-state index contributed by atoms with van der Waals surface area (Å²) in [5.74, 6) is 0. The quantitative estimate of drug-likeness (QED) is 0.717. The van der Waals surface area contributed by atoms with E-state index in [9.17, 15) is 0 Å². The van der Waals surface area contributed by atoms with Gasteiger partial charge in [0.1, 0.15) is 0 Å². The van der Waals surface area contributed by atoms with Crippen molar-refractivity contribution in [2.75, 3.05) is 7.05 Å². The van der Waals surface area contributed by atoms with Crippen LogP contribution in [0.25, 0.3) is 0 Å². The molecule has 0 saturated heterocycles. The van der Waals surface area contributed by atoms with Crippen molar-refractivity contribution in [3.05, 3.63) is 28.5 Å². The zero-order valence-corrected chi connectivity index (χ0v) is 12.5. The second-order valence-electron chi connectivity index (χ2n) is 4.45. The van der Waals surface area contributed by atoms with Crippen LogP contribution in [0.4, 0.5) is 0 Å². The molecule has 0 radical (unpaired) electrons. The number of rotatable bonds is 8. The van der Waals surface area contributed by atoms with Gasteiger partial charge in [0.05, 0.1) is 5.69 Å². The lowest BCUT2D eigenvalue weighted by Crippen LogP contribution is -2.17. The molecule has 17 heavy (non-hydrogen) atoms. The number of nitrogens with zero attached hydrogens (tertiary/aromatic N) is 1. The lowest BCUT2D eigenvalue weighted by Gasteiger charge is -2.15. The van der Waals surface area contributed by atoms with Gasteiger partial charge in [-0.2, -0.15) is 0 Å². The predicted octanol–water partition coefficient (Wildman–Crippen LogP) is 4.47. The van der Waals surface area contributed by atoms with E-state index in [-0.39, 0.29) is 0 Å². The fourth-order valence-corrected chi connectivity index (χ4v) is 2.22. The highest BCUT2D eigenvalue weighted by molar-refractivity contribution is 9.10. The van der Waals surface area contributed by atoms with Crippen LogP contribution >= 0.6 is 15.9 Å². The van der Waals surface area contributed by atoms with Gasteiger partial charge in [-0.3, -0.25) is 4.98 Å². The maximum Gasteiger partial charge on any atom is 0.0573 e. The summed E-state index contributed by atoms with van der Waals surface area (Å²) >= 11 is 3.41. The number of hydrogen-bond acceptors (Lipinski definition) is 2. The van der Waals surface area contributed by atoms with Crippen molar-refractivity contribution in [2.45, 2.75) is 51.5 Å². The van der Waals surface area contributed by atoms with E-state index < -0.39 is 0 Å². The van der Waals surface area contributed by atoms with Crippen LogP contribution in [-0.4, -0.2) is 12.0 Å². The summed E-state index contributed by atoms with van der Waals surface area (Å²) < 4.78 is 1.04. The molecule has 96 valence electrons. The van der Waals surface area contributed by atoms with Crippen molar-refractivity contribution >= 4 is 15.9 Å². The van der Waals surface area contributed by atoms with Gasteiger partial charge in [0.15, 0.2) is 0 Å². The first kappa shape index (κ1) is 14.7. The Kier molecular flexibility index (Phi) is 7.45. The lowest BCUT2D eigenvalue weighted by molar-refractivity contribution is 0.492. The summed E-state index contributed by atoms with van der Waals surface area (Å²) in [6.45, 7) is 2.25. The van der Waals surface area contributed by atoms with E-state index in [1.807, 2.05) is 13.2 Å². The molecular weight excluding hydrogens is 276 g/mol. The average molecular weight is 299 g/mol. The minimum atomic E-state index is 0.393. The Morgan fingerprint density at radius 1 is 1.24 bits per heavy atom. The van der Waals surface area contributed by atoms with Crippen molar-refractivity contribution in [3.63, 3.8) is 0 Å². The molecule has 0 saturated carbocycles. The van der Waals surface area contributed by atoms with Gasteiger partial charge in [0, 0.05) is 16.7 Å². The van der Waals surface area contributed by atoms with Crippen LogP contribution < -0.4 is 5.32 Å². The van der Waals surface area contributed by atoms with Crippen molar-refractivity contribution in [1.29, 1.82) is 0 Å². The molecule has 0 fully saturated rings. The molecule has 1 N–H and O–H groups in total.